The minimum atomic E-state index is -1.28. The number of carboxylic acids is 1. The van der Waals surface area contributed by atoms with E-state index in [1.165, 1.54) is 17.0 Å². The van der Waals surface area contributed by atoms with Crippen molar-refractivity contribution >= 4 is 11.9 Å². The molecule has 0 radical (unpaired) electrons. The molecule has 0 spiro atoms. The number of benzene rings is 1. The fraction of sp³-hybridized carbons (Fsp3) is 0.385. The van der Waals surface area contributed by atoms with E-state index >= 15 is 0 Å². The molecule has 0 atom stereocenters. The van der Waals surface area contributed by atoms with Crippen LogP contribution in [0.25, 0.3) is 0 Å². The number of nitrogens with zero attached hydrogens (tertiary/aromatic N) is 1. The maximum atomic E-state index is 13.4. The average Bonchev–Trinajstić information content (AvgIpc) is 2.33. The molecule has 0 saturated heterocycles. The monoisotopic (exact) mass is 268 g/mol. The molecule has 19 heavy (non-hydrogen) atoms. The van der Waals surface area contributed by atoms with E-state index in [1.54, 1.807) is 20.2 Å². The van der Waals surface area contributed by atoms with Crippen LogP contribution in [0, 0.1) is 5.82 Å². The van der Waals surface area contributed by atoms with Crippen molar-refractivity contribution in [1.82, 2.24) is 10.2 Å². The molecule has 1 rings (SSSR count). The molecule has 1 aromatic carbocycles. The van der Waals surface area contributed by atoms with Crippen molar-refractivity contribution in [2.24, 2.45) is 0 Å². The molecule has 0 heterocycles. The van der Waals surface area contributed by atoms with Gasteiger partial charge >= 0.3 is 5.97 Å². The summed E-state index contributed by atoms with van der Waals surface area (Å²) in [5.41, 5.74) is 0.298. The number of amides is 1. The molecule has 0 aliphatic carbocycles. The molecule has 0 aromatic heterocycles. The van der Waals surface area contributed by atoms with E-state index in [-0.39, 0.29) is 11.5 Å². The van der Waals surface area contributed by atoms with E-state index < -0.39 is 11.8 Å². The largest absolute Gasteiger partial charge is 0.478 e. The van der Waals surface area contributed by atoms with Crippen LogP contribution in [-0.2, 0) is 11.3 Å². The topological polar surface area (TPSA) is 69.6 Å². The number of carboxylic acid groups (broad SMARTS) is 1. The van der Waals surface area contributed by atoms with Crippen molar-refractivity contribution in [3.8, 4) is 0 Å². The molecule has 6 heteroatoms. The lowest BCUT2D eigenvalue weighted by atomic mass is 10.1. The molecule has 0 aliphatic rings. The first-order valence-electron chi connectivity index (χ1n) is 5.84. The first kappa shape index (κ1) is 15.1. The van der Waals surface area contributed by atoms with Gasteiger partial charge in [-0.3, -0.25) is 4.79 Å². The van der Waals surface area contributed by atoms with Crippen molar-refractivity contribution in [2.75, 3.05) is 20.6 Å². The van der Waals surface area contributed by atoms with Gasteiger partial charge in [-0.15, -0.1) is 0 Å². The number of hydrogen-bond donors (Lipinski definition) is 2. The van der Waals surface area contributed by atoms with E-state index in [2.05, 4.69) is 5.32 Å². The second-order valence-electron chi connectivity index (χ2n) is 4.33. The minimum absolute atomic E-state index is 0.0138. The highest BCUT2D eigenvalue weighted by molar-refractivity contribution is 5.87. The summed E-state index contributed by atoms with van der Waals surface area (Å²) < 4.78 is 13.4. The summed E-state index contributed by atoms with van der Waals surface area (Å²) in [6, 6.07) is 3.97. The Bertz CT molecular complexity index is 475. The van der Waals surface area contributed by atoms with Gasteiger partial charge in [-0.25, -0.2) is 9.18 Å². The number of nitrogens with one attached hydrogen (secondary N) is 1. The molecule has 0 saturated carbocycles. The van der Waals surface area contributed by atoms with Crippen LogP contribution in [0.2, 0.25) is 0 Å². The predicted molar refractivity (Wildman–Crippen MR) is 68.4 cm³/mol. The first-order chi connectivity index (χ1) is 8.91. The minimum Gasteiger partial charge on any atom is -0.478 e. The van der Waals surface area contributed by atoms with Gasteiger partial charge in [-0.2, -0.15) is 0 Å². The SMILES string of the molecule is CN(C)C(=O)CCNCc1ccc(C(=O)O)c(F)c1. The maximum absolute atomic E-state index is 13.4. The van der Waals surface area contributed by atoms with Crippen molar-refractivity contribution in [3.05, 3.63) is 35.1 Å². The van der Waals surface area contributed by atoms with Gasteiger partial charge in [-0.05, 0) is 17.7 Å². The lowest BCUT2D eigenvalue weighted by molar-refractivity contribution is -0.128. The summed E-state index contributed by atoms with van der Waals surface area (Å²) in [4.78, 5) is 23.4. The Morgan fingerprint density at radius 2 is 2.05 bits per heavy atom. The molecule has 0 unspecified atom stereocenters. The molecule has 0 fully saturated rings. The molecular formula is C13H17FN2O3. The Morgan fingerprint density at radius 1 is 1.37 bits per heavy atom. The van der Waals surface area contributed by atoms with Gasteiger partial charge in [0, 0.05) is 33.6 Å². The zero-order valence-corrected chi connectivity index (χ0v) is 10.9. The van der Waals surface area contributed by atoms with Crippen molar-refractivity contribution < 1.29 is 19.1 Å². The number of hydrogen-bond acceptors (Lipinski definition) is 3. The summed E-state index contributed by atoms with van der Waals surface area (Å²) in [5, 5.41) is 11.7. The van der Waals surface area contributed by atoms with Crippen LogP contribution in [0.15, 0.2) is 18.2 Å². The highest BCUT2D eigenvalue weighted by atomic mass is 19.1. The third-order valence-electron chi connectivity index (χ3n) is 2.61. The molecule has 104 valence electrons. The van der Waals surface area contributed by atoms with Crippen LogP contribution < -0.4 is 5.32 Å². The molecule has 2 N–H and O–H groups in total. The molecular weight excluding hydrogens is 251 g/mol. The standard InChI is InChI=1S/C13H17FN2O3/c1-16(2)12(17)5-6-15-8-9-3-4-10(13(18)19)11(14)7-9/h3-4,7,15H,5-6,8H2,1-2H3,(H,18,19). The predicted octanol–water partition coefficient (Wildman–Crippen LogP) is 1.09. The van der Waals surface area contributed by atoms with Gasteiger partial charge in [0.15, 0.2) is 0 Å². The third-order valence-corrected chi connectivity index (χ3v) is 2.61. The molecule has 0 aliphatic heterocycles. The molecule has 5 nitrogen and oxygen atoms in total. The molecule has 1 amide bonds. The zero-order chi connectivity index (χ0) is 14.4. The highest BCUT2D eigenvalue weighted by Crippen LogP contribution is 2.10. The van der Waals surface area contributed by atoms with Gasteiger partial charge in [0.05, 0.1) is 5.56 Å². The van der Waals surface area contributed by atoms with E-state index in [0.29, 0.717) is 25.1 Å². The lowest BCUT2D eigenvalue weighted by Crippen LogP contribution is -2.26. The summed E-state index contributed by atoms with van der Waals surface area (Å²) in [6.45, 7) is 0.872. The Kier molecular flexibility index (Phi) is 5.44. The Morgan fingerprint density at radius 3 is 2.58 bits per heavy atom. The molecule has 0 bridgehead atoms. The number of rotatable bonds is 6. The zero-order valence-electron chi connectivity index (χ0n) is 10.9. The van der Waals surface area contributed by atoms with Crippen LogP contribution in [0.4, 0.5) is 4.39 Å². The van der Waals surface area contributed by atoms with Crippen molar-refractivity contribution in [1.29, 1.82) is 0 Å². The maximum Gasteiger partial charge on any atom is 0.338 e. The Hall–Kier alpha value is -1.95. The number of carbonyl (C=O) groups is 2. The van der Waals surface area contributed by atoms with E-state index in [1.807, 2.05) is 0 Å². The fourth-order valence-electron chi connectivity index (χ4n) is 1.49. The second-order valence-corrected chi connectivity index (χ2v) is 4.33. The second kappa shape index (κ2) is 6.84. The van der Waals surface area contributed by atoms with Crippen molar-refractivity contribution in [2.45, 2.75) is 13.0 Å². The van der Waals surface area contributed by atoms with Crippen LogP contribution in [-0.4, -0.2) is 42.5 Å². The van der Waals surface area contributed by atoms with Gasteiger partial charge in [0.1, 0.15) is 5.82 Å². The first-order valence-corrected chi connectivity index (χ1v) is 5.84. The van der Waals surface area contributed by atoms with Gasteiger partial charge in [-0.1, -0.05) is 6.07 Å². The van der Waals surface area contributed by atoms with E-state index in [0.717, 1.165) is 0 Å². The fourth-order valence-corrected chi connectivity index (χ4v) is 1.49. The lowest BCUT2D eigenvalue weighted by Gasteiger charge is -2.10. The smallest absolute Gasteiger partial charge is 0.338 e. The number of aromatic carboxylic acids is 1. The summed E-state index contributed by atoms with van der Waals surface area (Å²) in [7, 11) is 3.37. The van der Waals surface area contributed by atoms with Crippen molar-refractivity contribution in [3.63, 3.8) is 0 Å². The normalized spacial score (nSPS) is 10.3. The summed E-state index contributed by atoms with van der Waals surface area (Å²) in [5.74, 6) is -2.02. The number of carbonyl (C=O) groups excluding carboxylic acids is 1. The average molecular weight is 268 g/mol. The van der Waals surface area contributed by atoms with Crippen LogP contribution in [0.1, 0.15) is 22.3 Å². The summed E-state index contributed by atoms with van der Waals surface area (Å²) in [6.07, 6.45) is 0.364. The van der Waals surface area contributed by atoms with Crippen LogP contribution >= 0.6 is 0 Å². The third kappa shape index (κ3) is 4.67. The van der Waals surface area contributed by atoms with Gasteiger partial charge in [0.25, 0.3) is 0 Å². The summed E-state index contributed by atoms with van der Waals surface area (Å²) >= 11 is 0. The quantitative estimate of drug-likeness (QED) is 0.758. The number of halogens is 1. The molecule has 1 aromatic rings. The van der Waals surface area contributed by atoms with Crippen LogP contribution in [0.5, 0.6) is 0 Å². The Labute approximate surface area is 111 Å². The van der Waals surface area contributed by atoms with E-state index in [9.17, 15) is 14.0 Å². The van der Waals surface area contributed by atoms with Crippen LogP contribution in [0.3, 0.4) is 0 Å². The van der Waals surface area contributed by atoms with E-state index in [4.69, 9.17) is 5.11 Å². The Balaban J connectivity index is 2.44. The van der Waals surface area contributed by atoms with Gasteiger partial charge in [0.2, 0.25) is 5.91 Å². The highest BCUT2D eigenvalue weighted by Gasteiger charge is 2.10. The van der Waals surface area contributed by atoms with Gasteiger partial charge < -0.3 is 15.3 Å².